The predicted molar refractivity (Wildman–Crippen MR) is 49.4 cm³/mol. The van der Waals surface area contributed by atoms with E-state index in [2.05, 4.69) is 11.9 Å². The Kier molecular flexibility index (Phi) is 3.09. The third kappa shape index (κ3) is 1.97. The van der Waals surface area contributed by atoms with Crippen LogP contribution < -0.4 is 0 Å². The topological polar surface area (TPSA) is 32.9 Å². The van der Waals surface area contributed by atoms with Crippen LogP contribution in [0.5, 0.6) is 0 Å². The van der Waals surface area contributed by atoms with Gasteiger partial charge >= 0.3 is 0 Å². The number of aromatic amines is 1. The fourth-order valence-electron chi connectivity index (χ4n) is 1.29. The van der Waals surface area contributed by atoms with E-state index in [1.54, 1.807) is 6.92 Å². The molecule has 2 heteroatoms. The Bertz CT molecular complexity index is 263. The van der Waals surface area contributed by atoms with E-state index in [1.165, 1.54) is 0 Å². The van der Waals surface area contributed by atoms with Crippen LogP contribution >= 0.6 is 0 Å². The van der Waals surface area contributed by atoms with Gasteiger partial charge in [0.05, 0.1) is 0 Å². The van der Waals surface area contributed by atoms with Gasteiger partial charge in [-0.1, -0.05) is 13.3 Å². The Morgan fingerprint density at radius 2 is 2.33 bits per heavy atom. The highest BCUT2D eigenvalue weighted by molar-refractivity contribution is 5.95. The molecule has 0 bridgehead atoms. The van der Waals surface area contributed by atoms with Crippen LogP contribution in [0.25, 0.3) is 0 Å². The molecule has 0 amide bonds. The minimum atomic E-state index is 0.155. The number of unbranched alkanes of at least 4 members (excludes halogenated alkanes) is 1. The number of nitrogens with one attached hydrogen (secondary N) is 1. The first-order valence-electron chi connectivity index (χ1n) is 4.43. The van der Waals surface area contributed by atoms with Crippen LogP contribution in [0, 0.1) is 0 Å². The Hall–Kier alpha value is -1.05. The lowest BCUT2D eigenvalue weighted by Crippen LogP contribution is -1.96. The molecule has 66 valence electrons. The Balaban J connectivity index is 2.70. The van der Waals surface area contributed by atoms with Gasteiger partial charge in [-0.05, 0) is 25.8 Å². The summed E-state index contributed by atoms with van der Waals surface area (Å²) in [4.78, 5) is 14.2. The third-order valence-corrected chi connectivity index (χ3v) is 1.99. The summed E-state index contributed by atoms with van der Waals surface area (Å²) in [6.07, 6.45) is 5.12. The lowest BCUT2D eigenvalue weighted by Gasteiger charge is -1.98. The van der Waals surface area contributed by atoms with Gasteiger partial charge in [-0.15, -0.1) is 0 Å². The molecule has 0 aliphatic heterocycles. The fraction of sp³-hybridized carbons (Fsp3) is 0.500. The zero-order chi connectivity index (χ0) is 8.97. The van der Waals surface area contributed by atoms with Gasteiger partial charge in [0, 0.05) is 17.5 Å². The van der Waals surface area contributed by atoms with Crippen LogP contribution in [0.2, 0.25) is 0 Å². The van der Waals surface area contributed by atoms with Crippen LogP contribution in [0.3, 0.4) is 0 Å². The molecular formula is C10H15NO. The van der Waals surface area contributed by atoms with Gasteiger partial charge in [-0.2, -0.15) is 0 Å². The van der Waals surface area contributed by atoms with Crippen molar-refractivity contribution >= 4 is 5.78 Å². The molecule has 0 unspecified atom stereocenters. The largest absolute Gasteiger partial charge is 0.364 e. The van der Waals surface area contributed by atoms with E-state index >= 15 is 0 Å². The molecule has 0 saturated heterocycles. The van der Waals surface area contributed by atoms with Gasteiger partial charge in [0.15, 0.2) is 5.78 Å². The van der Waals surface area contributed by atoms with Crippen molar-refractivity contribution in [2.75, 3.05) is 0 Å². The maximum Gasteiger partial charge on any atom is 0.161 e. The molecule has 0 fully saturated rings. The molecule has 1 N–H and O–H groups in total. The predicted octanol–water partition coefficient (Wildman–Crippen LogP) is 2.56. The molecule has 1 aromatic rings. The minimum Gasteiger partial charge on any atom is -0.364 e. The number of aryl methyl sites for hydroxylation is 1. The first kappa shape index (κ1) is 9.04. The van der Waals surface area contributed by atoms with Crippen molar-refractivity contribution in [2.24, 2.45) is 0 Å². The SMILES string of the molecule is CCCCc1[nH]ccc1C(C)=O. The molecule has 0 spiro atoms. The number of H-pyrrole nitrogens is 1. The second kappa shape index (κ2) is 4.10. The molecule has 0 aliphatic carbocycles. The van der Waals surface area contributed by atoms with E-state index in [0.717, 1.165) is 30.5 Å². The number of Topliss-reactive ketones (excluding diaryl/α,β-unsaturated/α-hetero) is 1. The summed E-state index contributed by atoms with van der Waals surface area (Å²) in [6.45, 7) is 3.76. The number of aromatic nitrogens is 1. The first-order valence-corrected chi connectivity index (χ1v) is 4.43. The standard InChI is InChI=1S/C10H15NO/c1-3-4-5-10-9(8(2)12)6-7-11-10/h6-7,11H,3-5H2,1-2H3. The van der Waals surface area contributed by atoms with E-state index < -0.39 is 0 Å². The molecule has 0 radical (unpaired) electrons. The second-order valence-electron chi connectivity index (χ2n) is 3.03. The molecule has 2 nitrogen and oxygen atoms in total. The van der Waals surface area contributed by atoms with Crippen molar-refractivity contribution < 1.29 is 4.79 Å². The minimum absolute atomic E-state index is 0.155. The van der Waals surface area contributed by atoms with Gasteiger partial charge in [0.2, 0.25) is 0 Å². The monoisotopic (exact) mass is 165 g/mol. The molecule has 0 aromatic carbocycles. The highest BCUT2D eigenvalue weighted by atomic mass is 16.1. The highest BCUT2D eigenvalue weighted by Crippen LogP contribution is 2.10. The normalized spacial score (nSPS) is 10.2. The zero-order valence-corrected chi connectivity index (χ0v) is 7.68. The number of ketones is 1. The van der Waals surface area contributed by atoms with Crippen LogP contribution in [0.1, 0.15) is 42.7 Å². The third-order valence-electron chi connectivity index (χ3n) is 1.99. The summed E-state index contributed by atoms with van der Waals surface area (Å²) >= 11 is 0. The maximum atomic E-state index is 11.1. The van der Waals surface area contributed by atoms with Crippen molar-refractivity contribution in [3.8, 4) is 0 Å². The van der Waals surface area contributed by atoms with Crippen LogP contribution in [-0.2, 0) is 6.42 Å². The number of carbonyl (C=O) groups is 1. The zero-order valence-electron chi connectivity index (χ0n) is 7.68. The molecule has 12 heavy (non-hydrogen) atoms. The molecule has 0 saturated carbocycles. The molecule has 1 rings (SSSR count). The lowest BCUT2D eigenvalue weighted by atomic mass is 10.1. The van der Waals surface area contributed by atoms with E-state index in [4.69, 9.17) is 0 Å². The first-order chi connectivity index (χ1) is 5.75. The fourth-order valence-corrected chi connectivity index (χ4v) is 1.29. The van der Waals surface area contributed by atoms with Crippen LogP contribution in [0.15, 0.2) is 12.3 Å². The van der Waals surface area contributed by atoms with Crippen LogP contribution in [-0.4, -0.2) is 10.8 Å². The van der Waals surface area contributed by atoms with Gasteiger partial charge in [-0.25, -0.2) is 0 Å². The Morgan fingerprint density at radius 3 is 2.92 bits per heavy atom. The highest BCUT2D eigenvalue weighted by Gasteiger charge is 2.06. The van der Waals surface area contributed by atoms with E-state index in [1.807, 2.05) is 12.3 Å². The number of rotatable bonds is 4. The van der Waals surface area contributed by atoms with Crippen molar-refractivity contribution in [3.63, 3.8) is 0 Å². The van der Waals surface area contributed by atoms with Crippen LogP contribution in [0.4, 0.5) is 0 Å². The van der Waals surface area contributed by atoms with Crippen molar-refractivity contribution in [1.82, 2.24) is 4.98 Å². The van der Waals surface area contributed by atoms with Crippen molar-refractivity contribution in [2.45, 2.75) is 33.1 Å². The maximum absolute atomic E-state index is 11.1. The number of carbonyl (C=O) groups excluding carboxylic acids is 1. The summed E-state index contributed by atoms with van der Waals surface area (Å²) in [6, 6.07) is 1.85. The lowest BCUT2D eigenvalue weighted by molar-refractivity contribution is 0.101. The average molecular weight is 165 g/mol. The van der Waals surface area contributed by atoms with Gasteiger partial charge in [0.25, 0.3) is 0 Å². The summed E-state index contributed by atoms with van der Waals surface area (Å²) in [5, 5.41) is 0. The second-order valence-corrected chi connectivity index (χ2v) is 3.03. The molecular weight excluding hydrogens is 150 g/mol. The van der Waals surface area contributed by atoms with Crippen molar-refractivity contribution in [3.05, 3.63) is 23.5 Å². The van der Waals surface area contributed by atoms with Crippen molar-refractivity contribution in [1.29, 1.82) is 0 Å². The Morgan fingerprint density at radius 1 is 1.58 bits per heavy atom. The van der Waals surface area contributed by atoms with E-state index in [-0.39, 0.29) is 5.78 Å². The summed E-state index contributed by atoms with van der Waals surface area (Å²) < 4.78 is 0. The van der Waals surface area contributed by atoms with E-state index in [9.17, 15) is 4.79 Å². The number of hydrogen-bond acceptors (Lipinski definition) is 1. The smallest absolute Gasteiger partial charge is 0.161 e. The van der Waals surface area contributed by atoms with E-state index in [0.29, 0.717) is 0 Å². The van der Waals surface area contributed by atoms with Gasteiger partial charge in [0.1, 0.15) is 0 Å². The summed E-state index contributed by atoms with van der Waals surface area (Å²) in [5.41, 5.74) is 1.94. The summed E-state index contributed by atoms with van der Waals surface area (Å²) in [5.74, 6) is 0.155. The molecule has 0 atom stereocenters. The Labute approximate surface area is 73.0 Å². The van der Waals surface area contributed by atoms with Gasteiger partial charge in [-0.3, -0.25) is 4.79 Å². The number of hydrogen-bond donors (Lipinski definition) is 1. The molecule has 1 heterocycles. The molecule has 0 aliphatic rings. The van der Waals surface area contributed by atoms with Gasteiger partial charge < -0.3 is 4.98 Å². The average Bonchev–Trinajstić information content (AvgIpc) is 2.48. The quantitative estimate of drug-likeness (QED) is 0.683. The molecule has 1 aromatic heterocycles. The summed E-state index contributed by atoms with van der Waals surface area (Å²) in [7, 11) is 0.